The third-order valence-corrected chi connectivity index (χ3v) is 5.18. The van der Waals surface area contributed by atoms with Gasteiger partial charge in [-0.15, -0.1) is 0 Å². The number of likely N-dealkylation sites (tertiary alicyclic amines) is 1. The van der Waals surface area contributed by atoms with Gasteiger partial charge in [0.05, 0.1) is 20.3 Å². The van der Waals surface area contributed by atoms with E-state index >= 15 is 0 Å². The highest BCUT2D eigenvalue weighted by Crippen LogP contribution is 2.37. The van der Waals surface area contributed by atoms with E-state index in [0.717, 1.165) is 50.3 Å². The van der Waals surface area contributed by atoms with Gasteiger partial charge in [-0.05, 0) is 62.1 Å². The summed E-state index contributed by atoms with van der Waals surface area (Å²) in [5.74, 6) is 2.11. The molecular weight excluding hydrogens is 306 g/mol. The summed E-state index contributed by atoms with van der Waals surface area (Å²) in [7, 11) is 3.12. The van der Waals surface area contributed by atoms with Crippen molar-refractivity contribution in [1.29, 1.82) is 0 Å². The Morgan fingerprint density at radius 3 is 2.38 bits per heavy atom. The summed E-state index contributed by atoms with van der Waals surface area (Å²) in [4.78, 5) is 13.4. The van der Waals surface area contributed by atoms with Gasteiger partial charge in [-0.1, -0.05) is 6.07 Å². The summed E-state index contributed by atoms with van der Waals surface area (Å²) in [5.41, 5.74) is 1.27. The molecule has 1 saturated heterocycles. The Morgan fingerprint density at radius 2 is 1.75 bits per heavy atom. The fourth-order valence-corrected chi connectivity index (χ4v) is 3.75. The Morgan fingerprint density at radius 1 is 1.04 bits per heavy atom. The lowest BCUT2D eigenvalue weighted by molar-refractivity contribution is 0.112. The fraction of sp³-hybridized carbons (Fsp3) is 0.632. The van der Waals surface area contributed by atoms with Gasteiger partial charge < -0.3 is 19.1 Å². The first-order valence-corrected chi connectivity index (χ1v) is 8.88. The Bertz CT molecular complexity index is 560. The second-order valence-corrected chi connectivity index (χ2v) is 6.67. The van der Waals surface area contributed by atoms with Crippen LogP contribution in [0.4, 0.5) is 4.79 Å². The molecule has 1 aromatic rings. The lowest BCUT2D eigenvalue weighted by Crippen LogP contribution is -2.37. The van der Waals surface area contributed by atoms with Crippen molar-refractivity contribution in [3.05, 3.63) is 23.8 Å². The molecule has 3 rings (SSSR count). The van der Waals surface area contributed by atoms with Crippen LogP contribution in [0.2, 0.25) is 0 Å². The van der Waals surface area contributed by atoms with Crippen molar-refractivity contribution in [2.75, 3.05) is 27.3 Å². The number of amides is 1. The summed E-state index contributed by atoms with van der Waals surface area (Å²) < 4.78 is 16.5. The number of piperidine rings is 1. The molecule has 1 aliphatic carbocycles. The van der Waals surface area contributed by atoms with E-state index in [-0.39, 0.29) is 6.09 Å². The van der Waals surface area contributed by atoms with Gasteiger partial charge >= 0.3 is 6.09 Å². The van der Waals surface area contributed by atoms with Gasteiger partial charge in [0.1, 0.15) is 0 Å². The largest absolute Gasteiger partial charge is 0.493 e. The van der Waals surface area contributed by atoms with Crippen molar-refractivity contribution < 1.29 is 19.0 Å². The van der Waals surface area contributed by atoms with E-state index in [0.29, 0.717) is 12.0 Å². The summed E-state index contributed by atoms with van der Waals surface area (Å²) in [5, 5.41) is 0. The minimum atomic E-state index is -0.228. The van der Waals surface area contributed by atoms with Crippen LogP contribution in [0.5, 0.6) is 11.5 Å². The highest BCUT2D eigenvalue weighted by Gasteiger charge is 2.25. The van der Waals surface area contributed by atoms with Crippen LogP contribution in [-0.4, -0.2) is 44.4 Å². The first-order valence-electron chi connectivity index (χ1n) is 8.88. The number of nitrogens with zero attached hydrogens (tertiary/aromatic N) is 1. The summed E-state index contributed by atoms with van der Waals surface area (Å²) >= 11 is 0. The zero-order chi connectivity index (χ0) is 16.9. The Labute approximate surface area is 143 Å². The average Bonchev–Trinajstić information content (AvgIpc) is 3.14. The van der Waals surface area contributed by atoms with Gasteiger partial charge in [0.2, 0.25) is 0 Å². The maximum Gasteiger partial charge on any atom is 0.409 e. The molecule has 1 aliphatic heterocycles. The number of hydrogen-bond acceptors (Lipinski definition) is 4. The van der Waals surface area contributed by atoms with E-state index in [4.69, 9.17) is 14.2 Å². The topological polar surface area (TPSA) is 48.0 Å². The van der Waals surface area contributed by atoms with Crippen LogP contribution in [0.3, 0.4) is 0 Å². The minimum Gasteiger partial charge on any atom is -0.493 e. The monoisotopic (exact) mass is 333 g/mol. The van der Waals surface area contributed by atoms with Crippen LogP contribution in [0, 0.1) is 0 Å². The van der Waals surface area contributed by atoms with E-state index in [1.807, 2.05) is 6.07 Å². The molecular formula is C19H27NO4. The van der Waals surface area contributed by atoms with Crippen molar-refractivity contribution in [3.63, 3.8) is 0 Å². The Hall–Kier alpha value is -1.91. The lowest BCUT2D eigenvalue weighted by atomic mass is 9.89. The molecule has 5 heteroatoms. The predicted molar refractivity (Wildman–Crippen MR) is 91.8 cm³/mol. The molecule has 5 nitrogen and oxygen atoms in total. The molecule has 1 aromatic carbocycles. The number of methoxy groups -OCH3 is 2. The van der Waals surface area contributed by atoms with Crippen molar-refractivity contribution in [3.8, 4) is 11.5 Å². The second kappa shape index (κ2) is 7.77. The molecule has 2 fully saturated rings. The maximum atomic E-state index is 11.6. The standard InChI is InChI=1S/C19H27NO4/c1-22-17-8-7-15(13-18(17)24-16-5-3-4-6-16)14-9-11-20(12-10-14)19(21)23-2/h7-8,13-14,16H,3-6,9-12H2,1-2H3. The maximum absolute atomic E-state index is 11.6. The Kier molecular flexibility index (Phi) is 5.48. The molecule has 0 aromatic heterocycles. The Balaban J connectivity index is 1.68. The van der Waals surface area contributed by atoms with Gasteiger partial charge in [0, 0.05) is 13.1 Å². The summed E-state index contributed by atoms with van der Waals surface area (Å²) in [6.07, 6.45) is 6.74. The van der Waals surface area contributed by atoms with Gasteiger partial charge in [0.25, 0.3) is 0 Å². The zero-order valence-corrected chi connectivity index (χ0v) is 14.6. The van der Waals surface area contributed by atoms with E-state index in [1.54, 1.807) is 12.0 Å². The number of ether oxygens (including phenoxy) is 3. The number of carbonyl (C=O) groups excluding carboxylic acids is 1. The van der Waals surface area contributed by atoms with Crippen LogP contribution < -0.4 is 9.47 Å². The van der Waals surface area contributed by atoms with E-state index in [1.165, 1.54) is 25.5 Å². The van der Waals surface area contributed by atoms with Crippen LogP contribution in [0.1, 0.15) is 50.0 Å². The molecule has 0 unspecified atom stereocenters. The van der Waals surface area contributed by atoms with Crippen LogP contribution >= 0.6 is 0 Å². The van der Waals surface area contributed by atoms with Crippen molar-refractivity contribution >= 4 is 6.09 Å². The molecule has 132 valence electrons. The quantitative estimate of drug-likeness (QED) is 0.837. The first-order chi connectivity index (χ1) is 11.7. The predicted octanol–water partition coefficient (Wildman–Crippen LogP) is 3.96. The molecule has 0 spiro atoms. The first kappa shape index (κ1) is 16.9. The zero-order valence-electron chi connectivity index (χ0n) is 14.6. The van der Waals surface area contributed by atoms with E-state index in [2.05, 4.69) is 12.1 Å². The molecule has 0 N–H and O–H groups in total. The molecule has 0 radical (unpaired) electrons. The van der Waals surface area contributed by atoms with Crippen LogP contribution in [-0.2, 0) is 4.74 Å². The number of benzene rings is 1. The molecule has 2 aliphatic rings. The van der Waals surface area contributed by atoms with Gasteiger partial charge in [-0.2, -0.15) is 0 Å². The minimum absolute atomic E-state index is 0.228. The van der Waals surface area contributed by atoms with E-state index < -0.39 is 0 Å². The van der Waals surface area contributed by atoms with Crippen molar-refractivity contribution in [2.24, 2.45) is 0 Å². The smallest absolute Gasteiger partial charge is 0.409 e. The highest BCUT2D eigenvalue weighted by molar-refractivity contribution is 5.67. The number of hydrogen-bond donors (Lipinski definition) is 0. The highest BCUT2D eigenvalue weighted by atomic mass is 16.5. The molecule has 1 amide bonds. The summed E-state index contributed by atoms with van der Waals surface area (Å²) in [6.45, 7) is 1.48. The molecule has 24 heavy (non-hydrogen) atoms. The SMILES string of the molecule is COC(=O)N1CCC(c2ccc(OC)c(OC3CCCC3)c2)CC1. The summed E-state index contributed by atoms with van der Waals surface area (Å²) in [6, 6.07) is 6.26. The molecule has 0 bridgehead atoms. The van der Waals surface area contributed by atoms with Crippen LogP contribution in [0.15, 0.2) is 18.2 Å². The van der Waals surface area contributed by atoms with Crippen molar-refractivity contribution in [1.82, 2.24) is 4.90 Å². The third kappa shape index (κ3) is 3.77. The van der Waals surface area contributed by atoms with Crippen LogP contribution in [0.25, 0.3) is 0 Å². The molecule has 1 heterocycles. The number of carbonyl (C=O) groups is 1. The van der Waals surface area contributed by atoms with Gasteiger partial charge in [-0.25, -0.2) is 4.79 Å². The van der Waals surface area contributed by atoms with Gasteiger partial charge in [0.15, 0.2) is 11.5 Å². The van der Waals surface area contributed by atoms with Crippen molar-refractivity contribution in [2.45, 2.75) is 50.5 Å². The van der Waals surface area contributed by atoms with Gasteiger partial charge in [-0.3, -0.25) is 0 Å². The molecule has 1 saturated carbocycles. The van der Waals surface area contributed by atoms with E-state index in [9.17, 15) is 4.79 Å². The fourth-order valence-electron chi connectivity index (χ4n) is 3.75. The second-order valence-electron chi connectivity index (χ2n) is 6.67. The molecule has 0 atom stereocenters. The average molecular weight is 333 g/mol. The number of rotatable bonds is 4. The normalized spacial score (nSPS) is 19.3. The third-order valence-electron chi connectivity index (χ3n) is 5.18. The lowest BCUT2D eigenvalue weighted by Gasteiger charge is -2.31.